The summed E-state index contributed by atoms with van der Waals surface area (Å²) in [7, 11) is 0. The first-order valence-corrected chi connectivity index (χ1v) is 15.4. The number of aromatic nitrogens is 4. The molecule has 0 spiro atoms. The standard InChI is InChI=1S/C35H37N7O/c1-22-26(5-4-6-29(22)42-16-15-41-30(34(42)43)17-24-19-35(2,3)20-31(24)41)32-27-18-28(39-33(27)38-21-37-32)23-7-9-25(10-8-23)40-13-11-36-12-14-40/h4-10,17-18,21,36H,11-16,19-20H2,1-3H3,(H,37,38,39). The first-order valence-electron chi connectivity index (χ1n) is 15.4. The lowest BCUT2D eigenvalue weighted by Crippen LogP contribution is -2.43. The van der Waals surface area contributed by atoms with Crippen LogP contribution in [0.1, 0.15) is 41.2 Å². The minimum atomic E-state index is 0.0831. The topological polar surface area (TPSA) is 82.1 Å². The number of fused-ring (bicyclic) bond motifs is 4. The van der Waals surface area contributed by atoms with E-state index in [4.69, 9.17) is 4.98 Å². The van der Waals surface area contributed by atoms with E-state index >= 15 is 0 Å². The molecule has 3 aromatic heterocycles. The summed E-state index contributed by atoms with van der Waals surface area (Å²) in [5.41, 5.74) is 11.9. The van der Waals surface area contributed by atoms with Crippen molar-refractivity contribution in [2.24, 2.45) is 5.41 Å². The highest BCUT2D eigenvalue weighted by molar-refractivity contribution is 6.07. The Hall–Kier alpha value is -4.43. The van der Waals surface area contributed by atoms with Crippen LogP contribution in [0.3, 0.4) is 0 Å². The third kappa shape index (κ3) is 4.35. The van der Waals surface area contributed by atoms with Gasteiger partial charge in [-0.3, -0.25) is 4.79 Å². The second-order valence-corrected chi connectivity index (χ2v) is 13.0. The van der Waals surface area contributed by atoms with Gasteiger partial charge in [-0.25, -0.2) is 9.97 Å². The number of piperazine rings is 1. The Bertz CT molecular complexity index is 1870. The van der Waals surface area contributed by atoms with Gasteiger partial charge in [0, 0.05) is 73.0 Å². The summed E-state index contributed by atoms with van der Waals surface area (Å²) < 4.78 is 2.27. The van der Waals surface area contributed by atoms with E-state index in [9.17, 15) is 4.79 Å². The molecule has 2 aromatic carbocycles. The molecule has 0 atom stereocenters. The van der Waals surface area contributed by atoms with Crippen molar-refractivity contribution >= 4 is 28.3 Å². The number of benzene rings is 2. The molecular formula is C35H37N7O. The van der Waals surface area contributed by atoms with Gasteiger partial charge < -0.3 is 24.7 Å². The molecule has 8 nitrogen and oxygen atoms in total. The largest absolute Gasteiger partial charge is 0.369 e. The van der Waals surface area contributed by atoms with Crippen molar-refractivity contribution in [1.29, 1.82) is 0 Å². The quantitative estimate of drug-likeness (QED) is 0.294. The number of hydrogen-bond acceptors (Lipinski definition) is 5. The van der Waals surface area contributed by atoms with Crippen molar-refractivity contribution in [2.45, 2.75) is 40.2 Å². The lowest BCUT2D eigenvalue weighted by Gasteiger charge is -2.31. The molecule has 1 amide bonds. The van der Waals surface area contributed by atoms with Gasteiger partial charge >= 0.3 is 0 Å². The molecule has 1 fully saturated rings. The van der Waals surface area contributed by atoms with Gasteiger partial charge in [0.05, 0.1) is 5.69 Å². The number of carbonyl (C=O) groups is 1. The predicted octanol–water partition coefficient (Wildman–Crippen LogP) is 5.60. The summed E-state index contributed by atoms with van der Waals surface area (Å²) in [4.78, 5) is 31.1. The van der Waals surface area contributed by atoms with Crippen LogP contribution in [0.25, 0.3) is 33.5 Å². The van der Waals surface area contributed by atoms with Crippen LogP contribution < -0.4 is 15.1 Å². The number of anilines is 2. The number of rotatable bonds is 4. The second-order valence-electron chi connectivity index (χ2n) is 13.0. The zero-order chi connectivity index (χ0) is 29.3. The SMILES string of the molecule is Cc1c(-c2ncnc3[nH]c(-c4ccc(N5CCNCC5)cc4)cc23)cccc1N1CCn2c(cc3c2CC(C)(C)C3)C1=O. The predicted molar refractivity (Wildman–Crippen MR) is 172 cm³/mol. The van der Waals surface area contributed by atoms with Gasteiger partial charge in [0.25, 0.3) is 5.91 Å². The maximum absolute atomic E-state index is 13.9. The molecular weight excluding hydrogens is 534 g/mol. The van der Waals surface area contributed by atoms with E-state index in [2.05, 4.69) is 94.1 Å². The number of nitrogens with zero attached hydrogens (tertiary/aromatic N) is 5. The highest BCUT2D eigenvalue weighted by Crippen LogP contribution is 2.41. The van der Waals surface area contributed by atoms with Gasteiger partial charge in [0.1, 0.15) is 17.7 Å². The Morgan fingerprint density at radius 2 is 1.72 bits per heavy atom. The number of H-pyrrole nitrogens is 1. The average Bonchev–Trinajstić information content (AvgIpc) is 3.69. The zero-order valence-electron chi connectivity index (χ0n) is 25.1. The van der Waals surface area contributed by atoms with Gasteiger partial charge in [0.2, 0.25) is 0 Å². The molecule has 0 unspecified atom stereocenters. The summed E-state index contributed by atoms with van der Waals surface area (Å²) in [5, 5.41) is 4.39. The van der Waals surface area contributed by atoms with Crippen molar-refractivity contribution < 1.29 is 4.79 Å². The van der Waals surface area contributed by atoms with Gasteiger partial charge in [0.15, 0.2) is 0 Å². The molecule has 8 rings (SSSR count). The van der Waals surface area contributed by atoms with E-state index < -0.39 is 0 Å². The number of amides is 1. The molecule has 0 saturated carbocycles. The highest BCUT2D eigenvalue weighted by Gasteiger charge is 2.37. The molecule has 0 bridgehead atoms. The molecule has 0 radical (unpaired) electrons. The third-order valence-electron chi connectivity index (χ3n) is 9.56. The number of hydrogen-bond donors (Lipinski definition) is 2. The molecule has 5 aromatic rings. The molecule has 8 heteroatoms. The number of aromatic amines is 1. The van der Waals surface area contributed by atoms with Gasteiger partial charge in [-0.2, -0.15) is 0 Å². The Kier molecular flexibility index (Phi) is 5.98. The molecule has 218 valence electrons. The molecule has 2 aliphatic heterocycles. The number of nitrogens with one attached hydrogen (secondary N) is 2. The first-order chi connectivity index (χ1) is 20.9. The third-order valence-corrected chi connectivity index (χ3v) is 9.56. The van der Waals surface area contributed by atoms with Crippen molar-refractivity contribution in [3.63, 3.8) is 0 Å². The normalized spacial score (nSPS) is 17.9. The summed E-state index contributed by atoms with van der Waals surface area (Å²) >= 11 is 0. The Balaban J connectivity index is 1.11. The van der Waals surface area contributed by atoms with Crippen LogP contribution in [0.2, 0.25) is 0 Å². The van der Waals surface area contributed by atoms with E-state index in [-0.39, 0.29) is 11.3 Å². The van der Waals surface area contributed by atoms with Crippen LogP contribution in [0.15, 0.2) is 60.9 Å². The maximum Gasteiger partial charge on any atom is 0.274 e. The van der Waals surface area contributed by atoms with Crippen LogP contribution in [-0.2, 0) is 19.4 Å². The fourth-order valence-electron chi connectivity index (χ4n) is 7.40. The van der Waals surface area contributed by atoms with Gasteiger partial charge in [-0.05, 0) is 72.2 Å². The molecule has 3 aliphatic rings. The van der Waals surface area contributed by atoms with Crippen LogP contribution in [0.5, 0.6) is 0 Å². The molecule has 1 saturated heterocycles. The highest BCUT2D eigenvalue weighted by atomic mass is 16.2. The Morgan fingerprint density at radius 3 is 2.53 bits per heavy atom. The van der Waals surface area contributed by atoms with E-state index in [1.807, 2.05) is 11.0 Å². The van der Waals surface area contributed by atoms with Crippen molar-refractivity contribution in [3.05, 3.63) is 83.4 Å². The zero-order valence-corrected chi connectivity index (χ0v) is 25.1. The fraction of sp³-hybridized carbons (Fsp3) is 0.343. The van der Waals surface area contributed by atoms with Crippen LogP contribution in [0.4, 0.5) is 11.4 Å². The summed E-state index contributed by atoms with van der Waals surface area (Å²) in [6.45, 7) is 12.3. The van der Waals surface area contributed by atoms with E-state index in [1.165, 1.54) is 16.9 Å². The van der Waals surface area contributed by atoms with E-state index in [1.54, 1.807) is 6.33 Å². The minimum Gasteiger partial charge on any atom is -0.369 e. The molecule has 2 N–H and O–H groups in total. The van der Waals surface area contributed by atoms with Crippen molar-refractivity contribution in [1.82, 2.24) is 24.8 Å². The summed E-state index contributed by atoms with van der Waals surface area (Å²) in [6.07, 6.45) is 3.69. The second kappa shape index (κ2) is 9.81. The minimum absolute atomic E-state index is 0.0831. The van der Waals surface area contributed by atoms with Crippen molar-refractivity contribution in [3.8, 4) is 22.5 Å². The van der Waals surface area contributed by atoms with E-state index in [0.29, 0.717) is 6.54 Å². The van der Waals surface area contributed by atoms with Gasteiger partial charge in [-0.15, -0.1) is 0 Å². The fourth-order valence-corrected chi connectivity index (χ4v) is 7.40. The summed E-state index contributed by atoms with van der Waals surface area (Å²) in [6, 6.07) is 19.3. The Morgan fingerprint density at radius 1 is 0.907 bits per heavy atom. The van der Waals surface area contributed by atoms with E-state index in [0.717, 1.165) is 96.1 Å². The molecule has 5 heterocycles. The first kappa shape index (κ1) is 26.2. The average molecular weight is 572 g/mol. The maximum atomic E-state index is 13.9. The molecule has 43 heavy (non-hydrogen) atoms. The Labute approximate surface area is 251 Å². The van der Waals surface area contributed by atoms with Crippen LogP contribution in [-0.4, -0.2) is 58.1 Å². The summed E-state index contributed by atoms with van der Waals surface area (Å²) in [5.74, 6) is 0.0831. The molecule has 1 aliphatic carbocycles. The van der Waals surface area contributed by atoms with Gasteiger partial charge in [-0.1, -0.05) is 38.1 Å². The van der Waals surface area contributed by atoms with Crippen LogP contribution in [0, 0.1) is 12.3 Å². The lowest BCUT2D eigenvalue weighted by atomic mass is 9.90. The number of carbonyl (C=O) groups excluding carboxylic acids is 1. The monoisotopic (exact) mass is 571 g/mol. The van der Waals surface area contributed by atoms with Crippen LogP contribution >= 0.6 is 0 Å². The lowest BCUT2D eigenvalue weighted by molar-refractivity contribution is 0.0964. The van der Waals surface area contributed by atoms with Crippen molar-refractivity contribution in [2.75, 3.05) is 42.5 Å². The smallest absolute Gasteiger partial charge is 0.274 e.